The minimum Gasteiger partial charge on any atom is -0.326 e. The molecule has 1 aliphatic heterocycles. The summed E-state index contributed by atoms with van der Waals surface area (Å²) in [5, 5.41) is 4.84. The highest BCUT2D eigenvalue weighted by molar-refractivity contribution is 7.12. The van der Waals surface area contributed by atoms with Gasteiger partial charge in [0.1, 0.15) is 6.04 Å². The molecule has 1 aromatic carbocycles. The summed E-state index contributed by atoms with van der Waals surface area (Å²) in [6.07, 6.45) is 2.51. The van der Waals surface area contributed by atoms with Gasteiger partial charge < -0.3 is 10.2 Å². The summed E-state index contributed by atoms with van der Waals surface area (Å²) in [5.41, 5.74) is 1.98. The minimum atomic E-state index is -0.380. The van der Waals surface area contributed by atoms with Gasteiger partial charge in [0.15, 0.2) is 0 Å². The second-order valence-electron chi connectivity index (χ2n) is 5.68. The molecule has 0 radical (unpaired) electrons. The SMILES string of the molecule is CCc1cccc(NC(=O)C2CCCN2C(=O)c2cccs2)c1. The zero-order valence-corrected chi connectivity index (χ0v) is 13.9. The fourth-order valence-corrected chi connectivity index (χ4v) is 3.60. The molecule has 0 saturated carbocycles. The molecule has 23 heavy (non-hydrogen) atoms. The van der Waals surface area contributed by atoms with E-state index >= 15 is 0 Å². The molecular formula is C18H20N2O2S. The molecule has 1 unspecified atom stereocenters. The van der Waals surface area contributed by atoms with Crippen molar-refractivity contribution in [2.45, 2.75) is 32.2 Å². The van der Waals surface area contributed by atoms with Crippen LogP contribution in [0.3, 0.4) is 0 Å². The molecule has 3 rings (SSSR count). The van der Waals surface area contributed by atoms with E-state index in [-0.39, 0.29) is 17.9 Å². The summed E-state index contributed by atoms with van der Waals surface area (Å²) in [7, 11) is 0. The number of likely N-dealkylation sites (tertiary alicyclic amines) is 1. The van der Waals surface area contributed by atoms with Gasteiger partial charge in [0.25, 0.3) is 5.91 Å². The van der Waals surface area contributed by atoms with Crippen LogP contribution in [0, 0.1) is 0 Å². The molecule has 1 atom stereocenters. The van der Waals surface area contributed by atoms with Crippen LogP contribution in [0.2, 0.25) is 0 Å². The Balaban J connectivity index is 1.71. The fourth-order valence-electron chi connectivity index (χ4n) is 2.92. The lowest BCUT2D eigenvalue weighted by Crippen LogP contribution is -2.42. The predicted molar refractivity (Wildman–Crippen MR) is 92.8 cm³/mol. The summed E-state index contributed by atoms with van der Waals surface area (Å²) in [4.78, 5) is 27.5. The Morgan fingerprint density at radius 3 is 2.91 bits per heavy atom. The van der Waals surface area contributed by atoms with E-state index in [9.17, 15) is 9.59 Å². The summed E-state index contributed by atoms with van der Waals surface area (Å²) in [6, 6.07) is 11.1. The van der Waals surface area contributed by atoms with Crippen LogP contribution in [-0.2, 0) is 11.2 Å². The molecule has 0 spiro atoms. The smallest absolute Gasteiger partial charge is 0.264 e. The summed E-state index contributed by atoms with van der Waals surface area (Å²) < 4.78 is 0. The maximum absolute atomic E-state index is 12.6. The van der Waals surface area contributed by atoms with Gasteiger partial charge in [-0.3, -0.25) is 9.59 Å². The standard InChI is InChI=1S/C18H20N2O2S/c1-2-13-6-3-7-14(12-13)19-17(21)15-8-4-10-20(15)18(22)16-9-5-11-23-16/h3,5-7,9,11-12,15H,2,4,8,10H2,1H3,(H,19,21). The molecule has 1 saturated heterocycles. The maximum Gasteiger partial charge on any atom is 0.264 e. The Hall–Kier alpha value is -2.14. The van der Waals surface area contributed by atoms with Gasteiger partial charge >= 0.3 is 0 Å². The molecular weight excluding hydrogens is 308 g/mol. The first-order chi connectivity index (χ1) is 11.2. The molecule has 120 valence electrons. The molecule has 1 aliphatic rings. The van der Waals surface area contributed by atoms with Crippen LogP contribution < -0.4 is 5.32 Å². The second kappa shape index (κ2) is 6.96. The number of aryl methyl sites for hydroxylation is 1. The molecule has 5 heteroatoms. The van der Waals surface area contributed by atoms with Crippen molar-refractivity contribution in [1.29, 1.82) is 0 Å². The Morgan fingerprint density at radius 1 is 1.30 bits per heavy atom. The van der Waals surface area contributed by atoms with Gasteiger partial charge in [-0.15, -0.1) is 11.3 Å². The van der Waals surface area contributed by atoms with E-state index in [1.807, 2.05) is 41.8 Å². The number of amides is 2. The van der Waals surface area contributed by atoms with Crippen molar-refractivity contribution in [3.63, 3.8) is 0 Å². The second-order valence-corrected chi connectivity index (χ2v) is 6.62. The number of thiophene rings is 1. The average Bonchev–Trinajstić information content (AvgIpc) is 3.25. The lowest BCUT2D eigenvalue weighted by molar-refractivity contribution is -0.119. The number of anilines is 1. The van der Waals surface area contributed by atoms with Crippen LogP contribution in [0.25, 0.3) is 0 Å². The van der Waals surface area contributed by atoms with Crippen LogP contribution in [0.1, 0.15) is 35.0 Å². The van der Waals surface area contributed by atoms with Crippen LogP contribution in [0.5, 0.6) is 0 Å². The maximum atomic E-state index is 12.6. The molecule has 2 aromatic rings. The number of carbonyl (C=O) groups is 2. The van der Waals surface area contributed by atoms with Crippen LogP contribution in [0.4, 0.5) is 5.69 Å². The Kier molecular flexibility index (Phi) is 4.76. The van der Waals surface area contributed by atoms with Crippen LogP contribution in [0.15, 0.2) is 41.8 Å². The topological polar surface area (TPSA) is 49.4 Å². The van der Waals surface area contributed by atoms with E-state index in [2.05, 4.69) is 12.2 Å². The monoisotopic (exact) mass is 328 g/mol. The number of nitrogens with zero attached hydrogens (tertiary/aromatic N) is 1. The first kappa shape index (κ1) is 15.7. The van der Waals surface area contributed by atoms with Gasteiger partial charge in [-0.2, -0.15) is 0 Å². The van der Waals surface area contributed by atoms with Crippen molar-refractivity contribution < 1.29 is 9.59 Å². The van der Waals surface area contributed by atoms with Crippen molar-refractivity contribution in [1.82, 2.24) is 4.90 Å². The summed E-state index contributed by atoms with van der Waals surface area (Å²) >= 11 is 1.42. The Labute approximate surface area is 140 Å². The van der Waals surface area contributed by atoms with Crippen molar-refractivity contribution in [3.05, 3.63) is 52.2 Å². The van der Waals surface area contributed by atoms with Crippen LogP contribution >= 0.6 is 11.3 Å². The fraction of sp³-hybridized carbons (Fsp3) is 0.333. The van der Waals surface area contributed by atoms with Gasteiger partial charge in [0.05, 0.1) is 4.88 Å². The highest BCUT2D eigenvalue weighted by Gasteiger charge is 2.34. The summed E-state index contributed by atoms with van der Waals surface area (Å²) in [6.45, 7) is 2.73. The largest absolute Gasteiger partial charge is 0.326 e. The van der Waals surface area contributed by atoms with Gasteiger partial charge in [0, 0.05) is 12.2 Å². The van der Waals surface area contributed by atoms with Crippen LogP contribution in [-0.4, -0.2) is 29.3 Å². The van der Waals surface area contributed by atoms with Gasteiger partial charge in [-0.25, -0.2) is 0 Å². The molecule has 0 aliphatic carbocycles. The normalized spacial score (nSPS) is 17.3. The third kappa shape index (κ3) is 3.45. The third-order valence-electron chi connectivity index (χ3n) is 4.15. The first-order valence-corrected chi connectivity index (χ1v) is 8.81. The zero-order chi connectivity index (χ0) is 16.2. The van der Waals surface area contributed by atoms with Crippen molar-refractivity contribution in [3.8, 4) is 0 Å². The predicted octanol–water partition coefficient (Wildman–Crippen LogP) is 3.55. The van der Waals surface area contributed by atoms with E-state index in [4.69, 9.17) is 0 Å². The lowest BCUT2D eigenvalue weighted by atomic mass is 10.1. The number of nitrogens with one attached hydrogen (secondary N) is 1. The van der Waals surface area contributed by atoms with Crippen molar-refractivity contribution >= 4 is 28.8 Å². The summed E-state index contributed by atoms with van der Waals surface area (Å²) in [5.74, 6) is -0.138. The van der Waals surface area contributed by atoms with E-state index in [1.165, 1.54) is 16.9 Å². The number of benzene rings is 1. The number of hydrogen-bond donors (Lipinski definition) is 1. The van der Waals surface area contributed by atoms with Gasteiger partial charge in [-0.05, 0) is 48.4 Å². The number of hydrogen-bond acceptors (Lipinski definition) is 3. The molecule has 0 bridgehead atoms. The highest BCUT2D eigenvalue weighted by Crippen LogP contribution is 2.23. The average molecular weight is 328 g/mol. The molecule has 1 fully saturated rings. The Bertz CT molecular complexity index is 697. The molecule has 2 amide bonds. The van der Waals surface area contributed by atoms with E-state index in [0.29, 0.717) is 11.4 Å². The van der Waals surface area contributed by atoms with Crippen molar-refractivity contribution in [2.75, 3.05) is 11.9 Å². The number of carbonyl (C=O) groups excluding carboxylic acids is 2. The zero-order valence-electron chi connectivity index (χ0n) is 13.1. The molecule has 2 heterocycles. The number of rotatable bonds is 4. The van der Waals surface area contributed by atoms with Gasteiger partial charge in [-0.1, -0.05) is 25.1 Å². The molecule has 4 nitrogen and oxygen atoms in total. The molecule has 1 N–H and O–H groups in total. The third-order valence-corrected chi connectivity index (χ3v) is 5.01. The first-order valence-electron chi connectivity index (χ1n) is 7.93. The molecule has 1 aromatic heterocycles. The minimum absolute atomic E-state index is 0.0417. The highest BCUT2D eigenvalue weighted by atomic mass is 32.1. The van der Waals surface area contributed by atoms with Crippen molar-refractivity contribution in [2.24, 2.45) is 0 Å². The van der Waals surface area contributed by atoms with E-state index < -0.39 is 0 Å². The Morgan fingerprint density at radius 2 is 2.17 bits per heavy atom. The lowest BCUT2D eigenvalue weighted by Gasteiger charge is -2.23. The van der Waals surface area contributed by atoms with E-state index in [1.54, 1.807) is 4.90 Å². The van der Waals surface area contributed by atoms with E-state index in [0.717, 1.165) is 24.9 Å². The van der Waals surface area contributed by atoms with Gasteiger partial charge in [0.2, 0.25) is 5.91 Å². The quantitative estimate of drug-likeness (QED) is 0.933.